The van der Waals surface area contributed by atoms with Crippen molar-refractivity contribution >= 4 is 29.0 Å². The van der Waals surface area contributed by atoms with Crippen molar-refractivity contribution in [2.75, 3.05) is 6.61 Å². The van der Waals surface area contributed by atoms with E-state index in [1.807, 2.05) is 0 Å². The van der Waals surface area contributed by atoms with Crippen molar-refractivity contribution in [2.45, 2.75) is 24.3 Å². The minimum atomic E-state index is -3.10. The maximum absolute atomic E-state index is 11.7. The maximum atomic E-state index is 11.7. The number of hydrogen-bond donors (Lipinski definition) is 0. The highest BCUT2D eigenvalue weighted by Gasteiger charge is 2.30. The average Bonchev–Trinajstić information content (AvgIpc) is 2.02. The third-order valence-electron chi connectivity index (χ3n) is 1.04. The molecule has 0 saturated carbocycles. The first-order valence-corrected chi connectivity index (χ1v) is 4.09. The van der Waals surface area contributed by atoms with Gasteiger partial charge in [-0.15, -0.1) is 11.6 Å². The Labute approximate surface area is 78.8 Å². The van der Waals surface area contributed by atoms with Gasteiger partial charge in [0.25, 0.3) is 6.43 Å². The van der Waals surface area contributed by atoms with Gasteiger partial charge in [0, 0.05) is 6.61 Å². The Hall–Kier alpha value is 0.0700. The number of ether oxygens (including phenoxy) is 1. The zero-order valence-corrected chi connectivity index (χ0v) is 7.78. The Morgan fingerprint density at radius 1 is 1.50 bits per heavy atom. The Kier molecular flexibility index (Phi) is 5.70. The molecule has 0 aliphatic heterocycles. The number of Topliss-reactive ketones (excluding diaryl/α,β-unsaturated/α-hetero) is 1. The van der Waals surface area contributed by atoms with Gasteiger partial charge in [-0.25, -0.2) is 8.78 Å². The quantitative estimate of drug-likeness (QED) is 0.664. The van der Waals surface area contributed by atoms with Crippen LogP contribution in [-0.2, 0) is 9.53 Å². The molecule has 0 radical (unpaired) electrons. The third-order valence-corrected chi connectivity index (χ3v) is 1.99. The fourth-order valence-electron chi connectivity index (χ4n) is 0.493. The summed E-state index contributed by atoms with van der Waals surface area (Å²) in [6.07, 6.45) is -3.10. The Balaban J connectivity index is 4.00. The van der Waals surface area contributed by atoms with Crippen LogP contribution in [0.2, 0.25) is 0 Å². The number of carbonyl (C=O) groups is 1. The summed E-state index contributed by atoms with van der Waals surface area (Å²) in [6, 6.07) is 0. The summed E-state index contributed by atoms with van der Waals surface area (Å²) in [7, 11) is 0. The molecule has 0 rings (SSSR count). The normalized spacial score (nSPS) is 16.2. The van der Waals surface area contributed by atoms with Gasteiger partial charge >= 0.3 is 0 Å². The van der Waals surface area contributed by atoms with Crippen LogP contribution in [-0.4, -0.2) is 29.8 Å². The van der Waals surface area contributed by atoms with Gasteiger partial charge in [-0.1, -0.05) is 11.6 Å². The molecule has 0 aliphatic rings. The second-order valence-electron chi connectivity index (χ2n) is 1.91. The molecule has 0 spiro atoms. The summed E-state index contributed by atoms with van der Waals surface area (Å²) in [5.41, 5.74) is -1.20. The predicted molar refractivity (Wildman–Crippen MR) is 41.9 cm³/mol. The fourth-order valence-corrected chi connectivity index (χ4v) is 0.911. The molecule has 0 amide bonds. The summed E-state index contributed by atoms with van der Waals surface area (Å²) < 4.78 is 28.1. The van der Waals surface area contributed by atoms with Gasteiger partial charge in [0.05, 0.1) is 0 Å². The fraction of sp³-hybridized carbons (Fsp3) is 0.833. The summed E-state index contributed by atoms with van der Waals surface area (Å²) in [6.45, 7) is 1.83. The molecule has 0 saturated heterocycles. The lowest BCUT2D eigenvalue weighted by atomic mass is 10.3. The molecule has 2 atom stereocenters. The van der Waals surface area contributed by atoms with E-state index >= 15 is 0 Å². The van der Waals surface area contributed by atoms with Crippen molar-refractivity contribution in [1.29, 1.82) is 0 Å². The Morgan fingerprint density at radius 2 is 2.00 bits per heavy atom. The van der Waals surface area contributed by atoms with Crippen molar-refractivity contribution in [1.82, 2.24) is 0 Å². The third kappa shape index (κ3) is 3.65. The van der Waals surface area contributed by atoms with Crippen LogP contribution in [0, 0.1) is 0 Å². The minimum absolute atomic E-state index is 0.216. The van der Waals surface area contributed by atoms with E-state index in [0.717, 1.165) is 0 Å². The molecule has 0 heterocycles. The molecule has 12 heavy (non-hydrogen) atoms. The smallest absolute Gasteiger partial charge is 0.297 e. The zero-order chi connectivity index (χ0) is 9.72. The summed E-state index contributed by atoms with van der Waals surface area (Å²) in [5, 5.41) is -1.49. The minimum Gasteiger partial charge on any atom is -0.361 e. The van der Waals surface area contributed by atoms with E-state index in [1.165, 1.54) is 0 Å². The highest BCUT2D eigenvalue weighted by molar-refractivity contribution is 6.37. The first-order valence-electron chi connectivity index (χ1n) is 3.22. The number of halogens is 4. The molecular weight excluding hydrogens is 213 g/mol. The topological polar surface area (TPSA) is 26.3 Å². The molecule has 0 N–H and O–H groups in total. The van der Waals surface area contributed by atoms with Gasteiger partial charge in [0.1, 0.15) is 5.38 Å². The summed E-state index contributed by atoms with van der Waals surface area (Å²) in [4.78, 5) is 10.5. The van der Waals surface area contributed by atoms with Crippen LogP contribution in [0.1, 0.15) is 6.92 Å². The van der Waals surface area contributed by atoms with Crippen LogP contribution in [0.3, 0.4) is 0 Å². The maximum Gasteiger partial charge on any atom is 0.297 e. The SMILES string of the molecule is CCOC(Cl)C(Cl)C(=O)C(F)F. The molecule has 0 fully saturated rings. The van der Waals surface area contributed by atoms with Crippen LogP contribution in [0.5, 0.6) is 0 Å². The molecule has 0 aromatic heterocycles. The van der Waals surface area contributed by atoms with E-state index in [-0.39, 0.29) is 6.61 Å². The van der Waals surface area contributed by atoms with E-state index in [0.29, 0.717) is 0 Å². The van der Waals surface area contributed by atoms with E-state index in [9.17, 15) is 13.6 Å². The lowest BCUT2D eigenvalue weighted by molar-refractivity contribution is -0.130. The largest absolute Gasteiger partial charge is 0.361 e. The lowest BCUT2D eigenvalue weighted by Crippen LogP contribution is -2.31. The first-order chi connectivity index (χ1) is 5.50. The molecule has 0 aromatic carbocycles. The second-order valence-corrected chi connectivity index (χ2v) is 2.81. The van der Waals surface area contributed by atoms with Crippen molar-refractivity contribution < 1.29 is 18.3 Å². The highest BCUT2D eigenvalue weighted by atomic mass is 35.5. The van der Waals surface area contributed by atoms with Gasteiger partial charge in [0.15, 0.2) is 5.56 Å². The molecule has 2 nitrogen and oxygen atoms in total. The van der Waals surface area contributed by atoms with E-state index < -0.39 is 23.1 Å². The monoisotopic (exact) mass is 220 g/mol. The van der Waals surface area contributed by atoms with Crippen LogP contribution in [0.25, 0.3) is 0 Å². The number of alkyl halides is 4. The zero-order valence-electron chi connectivity index (χ0n) is 6.27. The standard InChI is InChI=1S/C6H8Cl2F2O2/c1-2-12-5(8)3(7)4(11)6(9)10/h3,5-6H,2H2,1H3. The van der Waals surface area contributed by atoms with E-state index in [4.69, 9.17) is 23.2 Å². The second kappa shape index (κ2) is 5.67. The summed E-state index contributed by atoms with van der Waals surface area (Å²) in [5.74, 6) is -1.41. The molecule has 2 unspecified atom stereocenters. The first kappa shape index (κ1) is 12.1. The van der Waals surface area contributed by atoms with E-state index in [2.05, 4.69) is 4.74 Å². The Morgan fingerprint density at radius 3 is 2.33 bits per heavy atom. The van der Waals surface area contributed by atoms with Crippen LogP contribution in [0.15, 0.2) is 0 Å². The van der Waals surface area contributed by atoms with Crippen LogP contribution < -0.4 is 0 Å². The van der Waals surface area contributed by atoms with Gasteiger partial charge in [-0.3, -0.25) is 4.79 Å². The summed E-state index contributed by atoms with van der Waals surface area (Å²) >= 11 is 10.6. The van der Waals surface area contributed by atoms with Gasteiger partial charge < -0.3 is 4.74 Å². The average molecular weight is 221 g/mol. The number of ketones is 1. The van der Waals surface area contributed by atoms with Crippen molar-refractivity contribution in [3.8, 4) is 0 Å². The molecular formula is C6H8Cl2F2O2. The predicted octanol–water partition coefficient (Wildman–Crippen LogP) is 2.03. The molecule has 0 bridgehead atoms. The van der Waals surface area contributed by atoms with E-state index in [1.54, 1.807) is 6.92 Å². The van der Waals surface area contributed by atoms with Crippen molar-refractivity contribution in [3.63, 3.8) is 0 Å². The molecule has 0 aliphatic carbocycles. The lowest BCUT2D eigenvalue weighted by Gasteiger charge is -2.13. The van der Waals surface area contributed by atoms with Crippen molar-refractivity contribution in [3.05, 3.63) is 0 Å². The Bertz CT molecular complexity index is 154. The van der Waals surface area contributed by atoms with Crippen LogP contribution >= 0.6 is 23.2 Å². The molecule has 6 heteroatoms. The number of hydrogen-bond acceptors (Lipinski definition) is 2. The highest BCUT2D eigenvalue weighted by Crippen LogP contribution is 2.15. The molecule has 0 aromatic rings. The van der Waals surface area contributed by atoms with Gasteiger partial charge in [0.2, 0.25) is 5.78 Å². The van der Waals surface area contributed by atoms with Gasteiger partial charge in [-0.05, 0) is 6.92 Å². The van der Waals surface area contributed by atoms with Crippen molar-refractivity contribution in [2.24, 2.45) is 0 Å². The van der Waals surface area contributed by atoms with Gasteiger partial charge in [-0.2, -0.15) is 0 Å². The number of rotatable bonds is 5. The molecule has 72 valence electrons. The van der Waals surface area contributed by atoms with Crippen LogP contribution in [0.4, 0.5) is 8.78 Å². The number of carbonyl (C=O) groups excluding carboxylic acids is 1.